The smallest absolute Gasteiger partial charge is 0.126 e. The molecule has 0 aliphatic rings. The highest BCUT2D eigenvalue weighted by Crippen LogP contribution is 2.18. The number of nitrogens with one attached hydrogen (secondary N) is 1. The minimum atomic E-state index is 0.734. The third-order valence-electron chi connectivity index (χ3n) is 2.55. The van der Waals surface area contributed by atoms with Gasteiger partial charge in [-0.2, -0.15) is 0 Å². The van der Waals surface area contributed by atoms with Crippen molar-refractivity contribution in [2.24, 2.45) is 0 Å². The van der Waals surface area contributed by atoms with Gasteiger partial charge in [0.15, 0.2) is 0 Å². The van der Waals surface area contributed by atoms with Crippen molar-refractivity contribution in [2.75, 3.05) is 11.1 Å². The Morgan fingerprint density at radius 1 is 1.38 bits per heavy atom. The molecule has 0 fully saturated rings. The van der Waals surface area contributed by atoms with Crippen LogP contribution in [-0.4, -0.2) is 4.98 Å². The maximum atomic E-state index is 5.72. The van der Waals surface area contributed by atoms with Crippen molar-refractivity contribution < 1.29 is 0 Å². The third kappa shape index (κ3) is 2.33. The Bertz CT molecular complexity index is 491. The van der Waals surface area contributed by atoms with Gasteiger partial charge in [0, 0.05) is 4.88 Å². The molecule has 0 aliphatic heterocycles. The van der Waals surface area contributed by atoms with Crippen LogP contribution in [0.4, 0.5) is 11.5 Å². The Morgan fingerprint density at radius 3 is 2.81 bits per heavy atom. The van der Waals surface area contributed by atoms with E-state index in [0.717, 1.165) is 23.6 Å². The van der Waals surface area contributed by atoms with Gasteiger partial charge < -0.3 is 11.1 Å². The van der Waals surface area contributed by atoms with Crippen molar-refractivity contribution in [3.63, 3.8) is 0 Å². The lowest BCUT2D eigenvalue weighted by Gasteiger charge is -2.07. The first kappa shape index (κ1) is 11.0. The zero-order chi connectivity index (χ0) is 11.5. The third-order valence-corrected chi connectivity index (χ3v) is 3.57. The van der Waals surface area contributed by atoms with Gasteiger partial charge in [-0.05, 0) is 42.5 Å². The van der Waals surface area contributed by atoms with Crippen LogP contribution in [-0.2, 0) is 6.54 Å². The lowest BCUT2D eigenvalue weighted by molar-refractivity contribution is 1.12. The number of hydrogen-bond donors (Lipinski definition) is 2. The molecule has 0 bridgehead atoms. The summed E-state index contributed by atoms with van der Waals surface area (Å²) in [6.07, 6.45) is 1.69. The number of aromatic nitrogens is 1. The van der Waals surface area contributed by atoms with E-state index >= 15 is 0 Å². The highest BCUT2D eigenvalue weighted by molar-refractivity contribution is 7.10. The quantitative estimate of drug-likeness (QED) is 0.857. The van der Waals surface area contributed by atoms with E-state index in [4.69, 9.17) is 5.73 Å². The predicted octanol–water partition coefficient (Wildman–Crippen LogP) is 2.95. The molecule has 0 unspecified atom stereocenters. The number of nitrogen functional groups attached to an aromatic ring is 1. The number of hydrogen-bond acceptors (Lipinski definition) is 4. The maximum absolute atomic E-state index is 5.72. The van der Waals surface area contributed by atoms with Crippen molar-refractivity contribution in [2.45, 2.75) is 20.4 Å². The maximum Gasteiger partial charge on any atom is 0.126 e. The van der Waals surface area contributed by atoms with Gasteiger partial charge in [-0.25, -0.2) is 4.98 Å². The molecule has 2 aromatic rings. The molecular formula is C12H15N3S. The van der Waals surface area contributed by atoms with Crippen LogP contribution < -0.4 is 11.1 Å². The van der Waals surface area contributed by atoms with Gasteiger partial charge in [0.1, 0.15) is 5.82 Å². The van der Waals surface area contributed by atoms with Crippen LogP contribution in [0.25, 0.3) is 0 Å². The molecular weight excluding hydrogens is 218 g/mol. The van der Waals surface area contributed by atoms with Crippen LogP contribution in [0, 0.1) is 13.8 Å². The van der Waals surface area contributed by atoms with E-state index in [9.17, 15) is 0 Å². The van der Waals surface area contributed by atoms with Gasteiger partial charge in [0.2, 0.25) is 0 Å². The number of anilines is 2. The topological polar surface area (TPSA) is 50.9 Å². The van der Waals surface area contributed by atoms with Crippen LogP contribution in [0.2, 0.25) is 0 Å². The number of nitrogens with zero attached hydrogens (tertiary/aromatic N) is 1. The second-order valence-corrected chi connectivity index (χ2v) is 4.81. The van der Waals surface area contributed by atoms with E-state index in [1.807, 2.05) is 13.0 Å². The van der Waals surface area contributed by atoms with Crippen molar-refractivity contribution in [3.8, 4) is 0 Å². The van der Waals surface area contributed by atoms with E-state index in [-0.39, 0.29) is 0 Å². The average molecular weight is 233 g/mol. The molecule has 3 N–H and O–H groups in total. The van der Waals surface area contributed by atoms with Crippen LogP contribution in [0.15, 0.2) is 23.7 Å². The molecule has 16 heavy (non-hydrogen) atoms. The fourth-order valence-corrected chi connectivity index (χ4v) is 2.27. The van der Waals surface area contributed by atoms with E-state index in [0.29, 0.717) is 0 Å². The molecule has 0 saturated carbocycles. The fraction of sp³-hybridized carbons (Fsp3) is 0.250. The molecule has 0 aromatic carbocycles. The van der Waals surface area contributed by atoms with E-state index in [1.165, 1.54) is 10.4 Å². The molecule has 2 heterocycles. The van der Waals surface area contributed by atoms with Crippen molar-refractivity contribution in [3.05, 3.63) is 39.7 Å². The summed E-state index contributed by atoms with van der Waals surface area (Å²) in [6.45, 7) is 4.92. The molecule has 0 aliphatic carbocycles. The number of nitrogens with two attached hydrogens (primary N) is 1. The molecule has 3 nitrogen and oxygen atoms in total. The SMILES string of the molecule is Cc1cc(NCc2sccc2C)ncc1N. The van der Waals surface area contributed by atoms with Crippen LogP contribution >= 0.6 is 11.3 Å². The Kier molecular flexibility index (Phi) is 3.10. The summed E-state index contributed by atoms with van der Waals surface area (Å²) in [6, 6.07) is 4.10. The molecule has 4 heteroatoms. The Morgan fingerprint density at radius 2 is 2.19 bits per heavy atom. The van der Waals surface area contributed by atoms with E-state index in [1.54, 1.807) is 17.5 Å². The molecule has 84 valence electrons. The number of thiophene rings is 1. The van der Waals surface area contributed by atoms with Crippen LogP contribution in [0.5, 0.6) is 0 Å². The first-order valence-corrected chi connectivity index (χ1v) is 6.04. The lowest BCUT2D eigenvalue weighted by atomic mass is 10.2. The van der Waals surface area contributed by atoms with Gasteiger partial charge in [0.25, 0.3) is 0 Å². The normalized spacial score (nSPS) is 10.4. The van der Waals surface area contributed by atoms with E-state index in [2.05, 4.69) is 28.7 Å². The number of rotatable bonds is 3. The van der Waals surface area contributed by atoms with Gasteiger partial charge >= 0.3 is 0 Å². The van der Waals surface area contributed by atoms with Crippen molar-refractivity contribution in [1.82, 2.24) is 4.98 Å². The molecule has 0 saturated heterocycles. The summed E-state index contributed by atoms with van der Waals surface area (Å²) in [4.78, 5) is 5.58. The van der Waals surface area contributed by atoms with Crippen LogP contribution in [0.1, 0.15) is 16.0 Å². The zero-order valence-electron chi connectivity index (χ0n) is 9.45. The van der Waals surface area contributed by atoms with E-state index < -0.39 is 0 Å². The number of aryl methyl sites for hydroxylation is 2. The number of pyridine rings is 1. The van der Waals surface area contributed by atoms with Gasteiger partial charge in [-0.3, -0.25) is 0 Å². The van der Waals surface area contributed by atoms with Crippen molar-refractivity contribution in [1.29, 1.82) is 0 Å². The summed E-state index contributed by atoms with van der Waals surface area (Å²) in [5, 5.41) is 5.40. The highest BCUT2D eigenvalue weighted by Gasteiger charge is 2.01. The summed E-state index contributed by atoms with van der Waals surface area (Å²) in [5.74, 6) is 0.875. The minimum Gasteiger partial charge on any atom is -0.397 e. The molecule has 0 radical (unpaired) electrons. The highest BCUT2D eigenvalue weighted by atomic mass is 32.1. The molecule has 0 spiro atoms. The first-order chi connectivity index (χ1) is 7.66. The Balaban J connectivity index is 2.05. The average Bonchev–Trinajstić information content (AvgIpc) is 2.66. The van der Waals surface area contributed by atoms with Gasteiger partial charge in [-0.15, -0.1) is 11.3 Å². The zero-order valence-corrected chi connectivity index (χ0v) is 10.3. The largest absolute Gasteiger partial charge is 0.397 e. The minimum absolute atomic E-state index is 0.734. The summed E-state index contributed by atoms with van der Waals surface area (Å²) in [7, 11) is 0. The Hall–Kier alpha value is -1.55. The molecule has 0 atom stereocenters. The summed E-state index contributed by atoms with van der Waals surface area (Å²) >= 11 is 1.76. The Labute approximate surface area is 99.3 Å². The lowest BCUT2D eigenvalue weighted by Crippen LogP contribution is -2.02. The standard InChI is InChI=1S/C12H15N3S/c1-8-3-4-16-11(8)7-15-12-5-9(2)10(13)6-14-12/h3-6H,7,13H2,1-2H3,(H,14,15). The monoisotopic (exact) mass is 233 g/mol. The summed E-state index contributed by atoms with van der Waals surface area (Å²) in [5.41, 5.74) is 8.83. The van der Waals surface area contributed by atoms with Crippen molar-refractivity contribution >= 4 is 22.8 Å². The van der Waals surface area contributed by atoms with Gasteiger partial charge in [0.05, 0.1) is 18.4 Å². The predicted molar refractivity (Wildman–Crippen MR) is 69.8 cm³/mol. The summed E-state index contributed by atoms with van der Waals surface area (Å²) < 4.78 is 0. The first-order valence-electron chi connectivity index (χ1n) is 5.16. The molecule has 2 aromatic heterocycles. The van der Waals surface area contributed by atoms with Crippen LogP contribution in [0.3, 0.4) is 0 Å². The molecule has 2 rings (SSSR count). The van der Waals surface area contributed by atoms with Gasteiger partial charge in [-0.1, -0.05) is 0 Å². The second kappa shape index (κ2) is 4.53. The second-order valence-electron chi connectivity index (χ2n) is 3.81. The fourth-order valence-electron chi connectivity index (χ4n) is 1.42. The molecule has 0 amide bonds.